The molecule has 134 valence electrons. The summed E-state index contributed by atoms with van der Waals surface area (Å²) in [6.45, 7) is 11.9. The summed E-state index contributed by atoms with van der Waals surface area (Å²) in [4.78, 5) is 4.61. The van der Waals surface area contributed by atoms with E-state index >= 15 is 0 Å². The van der Waals surface area contributed by atoms with Crippen LogP contribution >= 0.6 is 0 Å². The van der Waals surface area contributed by atoms with E-state index < -0.39 is 0 Å². The van der Waals surface area contributed by atoms with Crippen LogP contribution in [0.3, 0.4) is 0 Å². The summed E-state index contributed by atoms with van der Waals surface area (Å²) in [5, 5.41) is 0. The fraction of sp³-hybridized carbons (Fsp3) is 0.870. The number of allylic oxidation sites excluding steroid dienone is 1. The van der Waals surface area contributed by atoms with Gasteiger partial charge in [0.1, 0.15) is 0 Å². The summed E-state index contributed by atoms with van der Waals surface area (Å²) in [7, 11) is 2.00. The van der Waals surface area contributed by atoms with Gasteiger partial charge < -0.3 is 0 Å². The molecule has 1 heteroatoms. The SMILES string of the molecule is C=C1CCC2(C)C(CCC3C2CCC2(C)C(C(C)=NC)CCC32)C1. The number of hydrogen-bond donors (Lipinski definition) is 0. The minimum absolute atomic E-state index is 0.534. The maximum absolute atomic E-state index is 4.61. The van der Waals surface area contributed by atoms with E-state index in [1.807, 2.05) is 7.05 Å². The molecule has 7 atom stereocenters. The van der Waals surface area contributed by atoms with Gasteiger partial charge in [0.05, 0.1) is 0 Å². The second-order valence-corrected chi connectivity index (χ2v) is 10.2. The predicted octanol–water partition coefficient (Wildman–Crippen LogP) is 6.29. The fourth-order valence-corrected chi connectivity index (χ4v) is 8.00. The molecule has 0 amide bonds. The summed E-state index contributed by atoms with van der Waals surface area (Å²) >= 11 is 0. The molecule has 4 aliphatic rings. The molecule has 24 heavy (non-hydrogen) atoms. The van der Waals surface area contributed by atoms with Crippen LogP contribution < -0.4 is 0 Å². The molecule has 0 N–H and O–H groups in total. The first-order valence-corrected chi connectivity index (χ1v) is 10.5. The van der Waals surface area contributed by atoms with Gasteiger partial charge in [-0.1, -0.05) is 26.0 Å². The summed E-state index contributed by atoms with van der Waals surface area (Å²) < 4.78 is 0. The van der Waals surface area contributed by atoms with E-state index in [-0.39, 0.29) is 0 Å². The van der Waals surface area contributed by atoms with Crippen molar-refractivity contribution in [1.29, 1.82) is 0 Å². The Hall–Kier alpha value is -0.590. The first kappa shape index (κ1) is 16.9. The predicted molar refractivity (Wildman–Crippen MR) is 103 cm³/mol. The third-order valence-corrected chi connectivity index (χ3v) is 9.47. The summed E-state index contributed by atoms with van der Waals surface area (Å²) in [6.07, 6.45) is 12.8. The monoisotopic (exact) mass is 327 g/mol. The van der Waals surface area contributed by atoms with Crippen molar-refractivity contribution in [1.82, 2.24) is 0 Å². The van der Waals surface area contributed by atoms with Crippen LogP contribution in [-0.2, 0) is 0 Å². The molecule has 1 nitrogen and oxygen atoms in total. The molecule has 0 radical (unpaired) electrons. The van der Waals surface area contributed by atoms with Gasteiger partial charge in [0.15, 0.2) is 0 Å². The molecule has 4 saturated carbocycles. The average Bonchev–Trinajstić information content (AvgIpc) is 2.92. The van der Waals surface area contributed by atoms with Crippen molar-refractivity contribution in [3.8, 4) is 0 Å². The van der Waals surface area contributed by atoms with Crippen molar-refractivity contribution >= 4 is 5.71 Å². The van der Waals surface area contributed by atoms with Gasteiger partial charge in [-0.05, 0) is 99.2 Å². The van der Waals surface area contributed by atoms with Crippen LogP contribution in [0.15, 0.2) is 17.1 Å². The van der Waals surface area contributed by atoms with Crippen LogP contribution in [0.2, 0.25) is 0 Å². The second kappa shape index (κ2) is 5.71. The van der Waals surface area contributed by atoms with Gasteiger partial charge in [-0.15, -0.1) is 0 Å². The standard InChI is InChI=1S/C23H37N/c1-15-10-12-22(3)17(14-15)6-7-18-20-9-8-19(16(2)24-5)23(20,4)13-11-21(18)22/h17-21H,1,6-14H2,2-5H3. The van der Waals surface area contributed by atoms with Crippen LogP contribution in [0.4, 0.5) is 0 Å². The van der Waals surface area contributed by atoms with E-state index in [2.05, 4.69) is 32.3 Å². The van der Waals surface area contributed by atoms with Gasteiger partial charge in [-0.25, -0.2) is 0 Å². The summed E-state index contributed by atoms with van der Waals surface area (Å²) in [5.41, 5.74) is 4.10. The molecule has 0 aromatic carbocycles. The van der Waals surface area contributed by atoms with Crippen molar-refractivity contribution in [2.24, 2.45) is 45.4 Å². The number of fused-ring (bicyclic) bond motifs is 5. The van der Waals surface area contributed by atoms with Gasteiger partial charge in [0, 0.05) is 18.7 Å². The Kier molecular flexibility index (Phi) is 4.01. The summed E-state index contributed by atoms with van der Waals surface area (Å²) in [6, 6.07) is 0. The van der Waals surface area contributed by atoms with Crippen molar-refractivity contribution in [3.05, 3.63) is 12.2 Å². The highest BCUT2D eigenvalue weighted by atomic mass is 14.7. The van der Waals surface area contributed by atoms with E-state index in [0.29, 0.717) is 10.8 Å². The van der Waals surface area contributed by atoms with E-state index in [1.54, 1.807) is 0 Å². The third-order valence-electron chi connectivity index (χ3n) is 9.47. The van der Waals surface area contributed by atoms with E-state index in [1.165, 1.54) is 69.1 Å². The Morgan fingerprint density at radius 3 is 2.50 bits per heavy atom. The van der Waals surface area contributed by atoms with Crippen molar-refractivity contribution in [2.45, 2.75) is 78.6 Å². The molecule has 0 aliphatic heterocycles. The zero-order chi connectivity index (χ0) is 17.1. The zero-order valence-corrected chi connectivity index (χ0v) is 16.4. The van der Waals surface area contributed by atoms with Gasteiger partial charge in [0.25, 0.3) is 0 Å². The van der Waals surface area contributed by atoms with Crippen LogP contribution in [0, 0.1) is 40.4 Å². The van der Waals surface area contributed by atoms with Crippen molar-refractivity contribution < 1.29 is 0 Å². The summed E-state index contributed by atoms with van der Waals surface area (Å²) in [5.74, 6) is 4.62. The van der Waals surface area contributed by atoms with Crippen molar-refractivity contribution in [2.75, 3.05) is 7.05 Å². The molecule has 4 aliphatic carbocycles. The van der Waals surface area contributed by atoms with Gasteiger partial charge in [-0.3, -0.25) is 4.99 Å². The maximum atomic E-state index is 4.61. The number of hydrogen-bond acceptors (Lipinski definition) is 1. The Morgan fingerprint density at radius 2 is 1.75 bits per heavy atom. The van der Waals surface area contributed by atoms with Crippen LogP contribution in [0.25, 0.3) is 0 Å². The molecule has 0 aromatic heterocycles. The van der Waals surface area contributed by atoms with Crippen LogP contribution in [-0.4, -0.2) is 12.8 Å². The van der Waals surface area contributed by atoms with E-state index in [4.69, 9.17) is 0 Å². The minimum Gasteiger partial charge on any atom is -0.297 e. The third kappa shape index (κ3) is 2.22. The van der Waals surface area contributed by atoms with Gasteiger partial charge in [0.2, 0.25) is 0 Å². The smallest absolute Gasteiger partial charge is 0.0276 e. The lowest BCUT2D eigenvalue weighted by atomic mass is 9.44. The Labute approximate surface area is 149 Å². The maximum Gasteiger partial charge on any atom is 0.0276 e. The second-order valence-electron chi connectivity index (χ2n) is 10.2. The minimum atomic E-state index is 0.534. The molecule has 0 bridgehead atoms. The molecule has 0 aromatic rings. The molecular weight excluding hydrogens is 290 g/mol. The average molecular weight is 328 g/mol. The normalized spacial score (nSPS) is 51.8. The lowest BCUT2D eigenvalue weighted by Gasteiger charge is -2.60. The van der Waals surface area contributed by atoms with Crippen LogP contribution in [0.5, 0.6) is 0 Å². The first-order chi connectivity index (χ1) is 11.4. The van der Waals surface area contributed by atoms with Gasteiger partial charge in [-0.2, -0.15) is 0 Å². The molecular formula is C23H37N. The molecule has 0 spiro atoms. The van der Waals surface area contributed by atoms with Crippen LogP contribution in [0.1, 0.15) is 78.6 Å². The molecule has 0 heterocycles. The lowest BCUT2D eigenvalue weighted by molar-refractivity contribution is -0.100. The topological polar surface area (TPSA) is 12.4 Å². The van der Waals surface area contributed by atoms with Gasteiger partial charge >= 0.3 is 0 Å². The molecule has 0 saturated heterocycles. The highest BCUT2D eigenvalue weighted by molar-refractivity contribution is 5.85. The molecule has 7 unspecified atom stereocenters. The first-order valence-electron chi connectivity index (χ1n) is 10.5. The number of nitrogens with zero attached hydrogens (tertiary/aromatic N) is 1. The Morgan fingerprint density at radius 1 is 1.00 bits per heavy atom. The molecule has 4 rings (SSSR count). The van der Waals surface area contributed by atoms with E-state index in [9.17, 15) is 0 Å². The Bertz CT molecular complexity index is 560. The van der Waals surface area contributed by atoms with Crippen molar-refractivity contribution in [3.63, 3.8) is 0 Å². The largest absolute Gasteiger partial charge is 0.297 e. The Balaban J connectivity index is 1.62. The highest BCUT2D eigenvalue weighted by Crippen LogP contribution is 2.67. The quantitative estimate of drug-likeness (QED) is 0.396. The number of aliphatic imine (C=N–C) groups is 1. The number of rotatable bonds is 1. The zero-order valence-electron chi connectivity index (χ0n) is 16.4. The van der Waals surface area contributed by atoms with E-state index in [0.717, 1.165) is 29.6 Å². The fourth-order valence-electron chi connectivity index (χ4n) is 8.00. The lowest BCUT2D eigenvalue weighted by Crippen LogP contribution is -2.53. The molecule has 4 fully saturated rings. The highest BCUT2D eigenvalue weighted by Gasteiger charge is 2.60.